The van der Waals surface area contributed by atoms with Gasteiger partial charge < -0.3 is 20.1 Å². The van der Waals surface area contributed by atoms with Crippen molar-refractivity contribution in [2.75, 3.05) is 20.9 Å². The van der Waals surface area contributed by atoms with Crippen molar-refractivity contribution < 1.29 is 46.5 Å². The van der Waals surface area contributed by atoms with Crippen molar-refractivity contribution in [2.24, 2.45) is 0 Å². The number of carboxylic acids is 1. The number of phenols is 2. The van der Waals surface area contributed by atoms with Crippen LogP contribution in [0.15, 0.2) is 116 Å². The van der Waals surface area contributed by atoms with Crippen LogP contribution in [0.4, 0.5) is 11.4 Å². The highest BCUT2D eigenvalue weighted by Crippen LogP contribution is 2.42. The molecule has 264 valence electrons. The first-order valence-electron chi connectivity index (χ1n) is 14.9. The number of aliphatic carboxylic acids is 1. The topological polar surface area (TPSA) is 196 Å². The number of anilines is 2. The molecule has 1 heterocycles. The number of phenolic OH excluding ortho intramolecular Hbond substituents is 2. The van der Waals surface area contributed by atoms with E-state index in [9.17, 15) is 36.6 Å². The predicted molar refractivity (Wildman–Crippen MR) is 204 cm³/mol. The van der Waals surface area contributed by atoms with Gasteiger partial charge >= 0.3 is 11.9 Å². The Hall–Kier alpha value is -4.88. The molecule has 18 heteroatoms. The molecule has 6 rings (SSSR count). The van der Waals surface area contributed by atoms with Gasteiger partial charge in [-0.1, -0.05) is 77.5 Å². The Labute approximate surface area is 311 Å². The van der Waals surface area contributed by atoms with Crippen molar-refractivity contribution in [2.45, 2.75) is 18.9 Å². The number of hydrogen-bond acceptors (Lipinski definition) is 12. The third-order valence-corrected chi connectivity index (χ3v) is 13.6. The Morgan fingerprint density at radius 1 is 0.692 bits per heavy atom. The van der Waals surface area contributed by atoms with E-state index in [2.05, 4.69) is 9.44 Å². The lowest BCUT2D eigenvalue weighted by atomic mass is 9.97. The van der Waals surface area contributed by atoms with Crippen LogP contribution < -0.4 is 19.6 Å². The van der Waals surface area contributed by atoms with E-state index in [1.807, 2.05) is 0 Å². The molecule has 0 aliphatic carbocycles. The Balaban J connectivity index is 1.17. The van der Waals surface area contributed by atoms with Gasteiger partial charge in [-0.25, -0.2) is 16.8 Å². The molecule has 0 saturated heterocycles. The maximum atomic E-state index is 13.4. The van der Waals surface area contributed by atoms with Gasteiger partial charge in [-0.15, -0.1) is 23.5 Å². The first kappa shape index (κ1) is 36.9. The SMILES string of the molecule is [B]c1ccc(S(=O)(=O)Nc2cc(SCC(=O)Oc3ccc(S(=O)(=O)Nc4cc(SCC(=O)O)c(O)c5ccccc45)s3)c(O)c3ccccc23)cc1. The van der Waals surface area contributed by atoms with Crippen LogP contribution in [-0.4, -0.2) is 63.4 Å². The van der Waals surface area contributed by atoms with E-state index in [0.29, 0.717) is 38.3 Å². The van der Waals surface area contributed by atoms with E-state index in [4.69, 9.17) is 17.7 Å². The summed E-state index contributed by atoms with van der Waals surface area (Å²) in [4.78, 5) is 24.3. The van der Waals surface area contributed by atoms with Crippen LogP contribution in [0, 0.1) is 0 Å². The zero-order chi connectivity index (χ0) is 37.2. The van der Waals surface area contributed by atoms with Crippen molar-refractivity contribution >= 4 is 113 Å². The summed E-state index contributed by atoms with van der Waals surface area (Å²) < 4.78 is 63.4. The lowest BCUT2D eigenvalue weighted by Crippen LogP contribution is -2.14. The third-order valence-electron chi connectivity index (χ3n) is 7.37. The number of carbonyl (C=O) groups excluding carboxylic acids is 1. The number of thiophene rings is 1. The minimum Gasteiger partial charge on any atom is -0.506 e. The van der Waals surface area contributed by atoms with Crippen LogP contribution in [0.2, 0.25) is 0 Å². The molecule has 0 unspecified atom stereocenters. The van der Waals surface area contributed by atoms with Gasteiger partial charge in [-0.3, -0.25) is 19.0 Å². The van der Waals surface area contributed by atoms with Gasteiger partial charge in [0.25, 0.3) is 20.0 Å². The molecule has 0 spiro atoms. The molecule has 12 nitrogen and oxygen atoms in total. The third kappa shape index (κ3) is 8.10. The first-order chi connectivity index (χ1) is 24.7. The van der Waals surface area contributed by atoms with Crippen LogP contribution in [0.5, 0.6) is 16.6 Å². The monoisotopic (exact) mass is 792 g/mol. The smallest absolute Gasteiger partial charge is 0.322 e. The Bertz CT molecular complexity index is 2580. The van der Waals surface area contributed by atoms with Crippen LogP contribution in [0.1, 0.15) is 0 Å². The summed E-state index contributed by atoms with van der Waals surface area (Å²) in [6, 6.07) is 24.0. The molecule has 5 aromatic carbocycles. The van der Waals surface area contributed by atoms with Gasteiger partial charge in [0.05, 0.1) is 37.6 Å². The van der Waals surface area contributed by atoms with Crippen molar-refractivity contribution in [3.63, 3.8) is 0 Å². The van der Waals surface area contributed by atoms with Crippen molar-refractivity contribution in [1.29, 1.82) is 0 Å². The molecule has 0 amide bonds. The number of carbonyl (C=O) groups is 2. The largest absolute Gasteiger partial charge is 0.506 e. The first-order valence-corrected chi connectivity index (χ1v) is 20.7. The predicted octanol–water partition coefficient (Wildman–Crippen LogP) is 5.74. The van der Waals surface area contributed by atoms with Crippen molar-refractivity contribution in [1.82, 2.24) is 0 Å². The minimum atomic E-state index is -4.23. The van der Waals surface area contributed by atoms with Gasteiger partial charge in [0.1, 0.15) is 23.6 Å². The van der Waals surface area contributed by atoms with Gasteiger partial charge in [0.2, 0.25) is 0 Å². The standard InChI is InChI=1S/C34H25BN2O10S5/c35-19-9-11-20(12-10-19)51(43,44)36-25-15-28(34(42)23-7-3-1-5-21(23)25)49-18-30(40)47-31-13-14-32(50-31)52(45,46)37-26-16-27(48-17-29(38)39)33(41)24-8-4-2-6-22(24)26/h1-16,36-37,41-42H,17-18H2,(H,38,39). The average Bonchev–Trinajstić information content (AvgIpc) is 3.59. The molecule has 6 aromatic rings. The molecule has 52 heavy (non-hydrogen) atoms. The van der Waals surface area contributed by atoms with E-state index < -0.39 is 32.0 Å². The van der Waals surface area contributed by atoms with Crippen LogP contribution in [0.25, 0.3) is 21.5 Å². The molecule has 0 bridgehead atoms. The van der Waals surface area contributed by atoms with Crippen molar-refractivity contribution in [3.8, 4) is 16.6 Å². The lowest BCUT2D eigenvalue weighted by molar-refractivity contribution is -0.134. The lowest BCUT2D eigenvalue weighted by Gasteiger charge is -2.15. The van der Waals surface area contributed by atoms with Gasteiger partial charge in [-0.2, -0.15) is 0 Å². The van der Waals surface area contributed by atoms with E-state index in [0.717, 1.165) is 23.5 Å². The molecule has 2 radical (unpaired) electrons. The van der Waals surface area contributed by atoms with E-state index in [1.165, 1.54) is 48.5 Å². The van der Waals surface area contributed by atoms with Gasteiger partial charge in [0.15, 0.2) is 5.06 Å². The summed E-state index contributed by atoms with van der Waals surface area (Å²) in [6.07, 6.45) is 0. The highest BCUT2D eigenvalue weighted by molar-refractivity contribution is 8.00. The average molecular weight is 793 g/mol. The second-order valence-electron chi connectivity index (χ2n) is 10.9. The molecule has 0 fully saturated rings. The fourth-order valence-electron chi connectivity index (χ4n) is 5.02. The summed E-state index contributed by atoms with van der Waals surface area (Å²) in [5, 5.41) is 32.2. The number of nitrogens with one attached hydrogen (secondary N) is 2. The number of hydrogen-bond donors (Lipinski definition) is 5. The second-order valence-corrected chi connectivity index (χ2v) is 17.6. The second kappa shape index (κ2) is 15.0. The summed E-state index contributed by atoms with van der Waals surface area (Å²) in [7, 11) is -2.59. The van der Waals surface area contributed by atoms with Crippen LogP contribution in [-0.2, 0) is 29.6 Å². The quantitative estimate of drug-likeness (QED) is 0.0413. The van der Waals surface area contributed by atoms with E-state index in [1.54, 1.807) is 48.5 Å². The molecular weight excluding hydrogens is 768 g/mol. The summed E-state index contributed by atoms with van der Waals surface area (Å²) in [5.74, 6) is -2.93. The number of carboxylic acid groups (broad SMARTS) is 1. The minimum absolute atomic E-state index is 0.0277. The highest BCUT2D eigenvalue weighted by Gasteiger charge is 2.23. The number of aromatic hydroxyl groups is 2. The molecule has 0 saturated carbocycles. The number of rotatable bonds is 13. The number of esters is 1. The summed E-state index contributed by atoms with van der Waals surface area (Å²) >= 11 is 2.40. The van der Waals surface area contributed by atoms with Crippen LogP contribution in [0.3, 0.4) is 0 Å². The zero-order valence-corrected chi connectivity index (χ0v) is 30.6. The van der Waals surface area contributed by atoms with E-state index >= 15 is 0 Å². The molecule has 0 atom stereocenters. The van der Waals surface area contributed by atoms with Crippen LogP contribution >= 0.6 is 34.9 Å². The maximum Gasteiger partial charge on any atom is 0.322 e. The van der Waals surface area contributed by atoms with Gasteiger partial charge in [-0.05, 0) is 36.4 Å². The highest BCUT2D eigenvalue weighted by atomic mass is 32.2. The number of sulfonamides is 2. The van der Waals surface area contributed by atoms with Gasteiger partial charge in [0, 0.05) is 21.5 Å². The fourth-order valence-corrected chi connectivity index (χ4v) is 9.82. The molecule has 1 aromatic heterocycles. The summed E-state index contributed by atoms with van der Waals surface area (Å²) in [6.45, 7) is 0. The Morgan fingerprint density at radius 2 is 1.19 bits per heavy atom. The molecule has 5 N–H and O–H groups in total. The van der Waals surface area contributed by atoms with E-state index in [-0.39, 0.29) is 58.3 Å². The number of thioether (sulfide) groups is 2. The zero-order valence-electron chi connectivity index (χ0n) is 26.5. The van der Waals surface area contributed by atoms with Crippen molar-refractivity contribution in [3.05, 3.63) is 97.1 Å². The Morgan fingerprint density at radius 3 is 1.73 bits per heavy atom. The number of ether oxygens (including phenoxy) is 1. The molecular formula is C34H25BN2O10S5. The molecule has 0 aliphatic rings. The maximum absolute atomic E-state index is 13.4. The number of fused-ring (bicyclic) bond motifs is 2. The summed E-state index contributed by atoms with van der Waals surface area (Å²) in [5.41, 5.74) is 0.661. The molecule has 0 aliphatic heterocycles. The Kier molecular flexibility index (Phi) is 10.6. The normalized spacial score (nSPS) is 11.8. The number of benzene rings is 5. The fraction of sp³-hybridized carbons (Fsp3) is 0.0588.